The Balaban J connectivity index is 2.67. The van der Waals surface area contributed by atoms with Gasteiger partial charge in [0.15, 0.2) is 0 Å². The fourth-order valence-electron chi connectivity index (χ4n) is 1.19. The molecule has 0 fully saturated rings. The molecule has 0 saturated heterocycles. The van der Waals surface area contributed by atoms with Crippen LogP contribution in [0.5, 0.6) is 0 Å². The summed E-state index contributed by atoms with van der Waals surface area (Å²) in [4.78, 5) is 3.28. The third-order valence-corrected chi connectivity index (χ3v) is 2.67. The maximum absolute atomic E-state index is 5.85. The second-order valence-corrected chi connectivity index (χ2v) is 3.85. The van der Waals surface area contributed by atoms with Crippen molar-refractivity contribution in [1.82, 2.24) is 4.98 Å². The van der Waals surface area contributed by atoms with Gasteiger partial charge in [-0.1, -0.05) is 11.6 Å². The van der Waals surface area contributed by atoms with Gasteiger partial charge in [0.25, 0.3) is 0 Å². The van der Waals surface area contributed by atoms with Crippen molar-refractivity contribution >= 4 is 34.3 Å². The van der Waals surface area contributed by atoms with E-state index in [0.717, 1.165) is 10.5 Å². The Labute approximate surface area is 80.1 Å². The van der Waals surface area contributed by atoms with Crippen LogP contribution < -0.4 is 0 Å². The Morgan fingerprint density at radius 2 is 2.17 bits per heavy atom. The second kappa shape index (κ2) is 3.04. The highest BCUT2D eigenvalue weighted by Gasteiger charge is 1.98. The van der Waals surface area contributed by atoms with Gasteiger partial charge in [-0.15, -0.1) is 11.8 Å². The molecule has 62 valence electrons. The molecular formula is C9H8ClNS. The van der Waals surface area contributed by atoms with Crippen LogP contribution in [-0.2, 0) is 0 Å². The molecule has 0 unspecified atom stereocenters. The quantitative estimate of drug-likeness (QED) is 0.692. The highest BCUT2D eigenvalue weighted by molar-refractivity contribution is 7.98. The number of halogens is 1. The Bertz CT molecular complexity index is 408. The molecule has 1 heterocycles. The lowest BCUT2D eigenvalue weighted by molar-refractivity contribution is 1.24. The van der Waals surface area contributed by atoms with E-state index in [0.29, 0.717) is 0 Å². The highest BCUT2D eigenvalue weighted by Crippen LogP contribution is 2.23. The Morgan fingerprint density at radius 1 is 1.33 bits per heavy atom. The third-order valence-electron chi connectivity index (χ3n) is 1.78. The Morgan fingerprint density at radius 3 is 2.92 bits per heavy atom. The molecule has 0 amide bonds. The topological polar surface area (TPSA) is 15.8 Å². The summed E-state index contributed by atoms with van der Waals surface area (Å²) >= 11 is 7.55. The molecule has 0 aliphatic heterocycles. The largest absolute Gasteiger partial charge is 0.350 e. The number of benzene rings is 1. The fourth-order valence-corrected chi connectivity index (χ4v) is 1.82. The number of H-pyrrole nitrogens is 1. The average molecular weight is 198 g/mol. The van der Waals surface area contributed by atoms with Crippen LogP contribution in [0.4, 0.5) is 0 Å². The minimum absolute atomic E-state index is 0.786. The molecule has 2 rings (SSSR count). The molecule has 0 aliphatic rings. The molecule has 1 nitrogen and oxygen atoms in total. The van der Waals surface area contributed by atoms with Gasteiger partial charge in [0, 0.05) is 15.9 Å². The van der Waals surface area contributed by atoms with Crippen LogP contribution in [0.1, 0.15) is 0 Å². The Kier molecular flexibility index (Phi) is 2.03. The summed E-state index contributed by atoms with van der Waals surface area (Å²) in [6.07, 6.45) is 2.05. The van der Waals surface area contributed by atoms with Crippen molar-refractivity contribution in [3.63, 3.8) is 0 Å². The van der Waals surface area contributed by atoms with Crippen LogP contribution in [-0.4, -0.2) is 11.2 Å². The van der Waals surface area contributed by atoms with Crippen molar-refractivity contribution < 1.29 is 0 Å². The van der Waals surface area contributed by atoms with Crippen molar-refractivity contribution in [2.45, 2.75) is 5.03 Å². The van der Waals surface area contributed by atoms with E-state index in [1.165, 1.54) is 10.4 Å². The molecule has 1 aromatic heterocycles. The zero-order valence-electron chi connectivity index (χ0n) is 6.60. The summed E-state index contributed by atoms with van der Waals surface area (Å²) in [6, 6.07) is 7.96. The summed E-state index contributed by atoms with van der Waals surface area (Å²) in [7, 11) is 0. The number of fused-ring (bicyclic) bond motifs is 1. The standard InChI is InChI=1S/C9H8ClNS/c1-12-9-5-6-4-7(10)2-3-8(6)11-9/h2-5,11H,1H3. The maximum atomic E-state index is 5.85. The van der Waals surface area contributed by atoms with Gasteiger partial charge in [-0.2, -0.15) is 0 Å². The minimum atomic E-state index is 0.786. The molecule has 3 heteroatoms. The van der Waals surface area contributed by atoms with Crippen molar-refractivity contribution in [3.8, 4) is 0 Å². The highest BCUT2D eigenvalue weighted by atomic mass is 35.5. The zero-order chi connectivity index (χ0) is 8.55. The summed E-state index contributed by atoms with van der Waals surface area (Å²) in [5.74, 6) is 0. The number of thioether (sulfide) groups is 1. The first-order valence-corrected chi connectivity index (χ1v) is 5.22. The van der Waals surface area contributed by atoms with Crippen LogP contribution in [0.2, 0.25) is 5.02 Å². The van der Waals surface area contributed by atoms with E-state index in [1.54, 1.807) is 11.8 Å². The molecule has 0 bridgehead atoms. The van der Waals surface area contributed by atoms with E-state index in [4.69, 9.17) is 11.6 Å². The molecule has 12 heavy (non-hydrogen) atoms. The van der Waals surface area contributed by atoms with Gasteiger partial charge in [0.05, 0.1) is 5.03 Å². The van der Waals surface area contributed by atoms with Gasteiger partial charge in [0.1, 0.15) is 0 Å². The van der Waals surface area contributed by atoms with E-state index in [9.17, 15) is 0 Å². The smallest absolute Gasteiger partial charge is 0.0729 e. The predicted octanol–water partition coefficient (Wildman–Crippen LogP) is 3.54. The van der Waals surface area contributed by atoms with Crippen LogP contribution >= 0.6 is 23.4 Å². The summed E-state index contributed by atoms with van der Waals surface area (Å²) in [6.45, 7) is 0. The number of nitrogens with one attached hydrogen (secondary N) is 1. The lowest BCUT2D eigenvalue weighted by Gasteiger charge is -1.88. The van der Waals surface area contributed by atoms with Crippen molar-refractivity contribution in [2.75, 3.05) is 6.26 Å². The lowest BCUT2D eigenvalue weighted by atomic mass is 10.2. The molecular weight excluding hydrogens is 190 g/mol. The van der Waals surface area contributed by atoms with Crippen molar-refractivity contribution in [2.24, 2.45) is 0 Å². The second-order valence-electron chi connectivity index (χ2n) is 2.57. The van der Waals surface area contributed by atoms with Crippen LogP contribution in [0.15, 0.2) is 29.3 Å². The first kappa shape index (κ1) is 8.02. The fraction of sp³-hybridized carbons (Fsp3) is 0.111. The van der Waals surface area contributed by atoms with Gasteiger partial charge in [-0.05, 0) is 30.5 Å². The van der Waals surface area contributed by atoms with Gasteiger partial charge in [-0.25, -0.2) is 0 Å². The van der Waals surface area contributed by atoms with E-state index >= 15 is 0 Å². The van der Waals surface area contributed by atoms with Crippen LogP contribution in [0.3, 0.4) is 0 Å². The summed E-state index contributed by atoms with van der Waals surface area (Å²) in [5, 5.41) is 3.13. The van der Waals surface area contributed by atoms with Gasteiger partial charge in [0.2, 0.25) is 0 Å². The Hall–Kier alpha value is -0.600. The number of hydrogen-bond donors (Lipinski definition) is 1. The zero-order valence-corrected chi connectivity index (χ0v) is 8.17. The number of hydrogen-bond acceptors (Lipinski definition) is 1. The van der Waals surface area contributed by atoms with E-state index in [1.807, 2.05) is 24.5 Å². The predicted molar refractivity (Wildman–Crippen MR) is 55.1 cm³/mol. The average Bonchev–Trinajstić information content (AvgIpc) is 2.46. The SMILES string of the molecule is CSc1cc2cc(Cl)ccc2[nH]1. The number of rotatable bonds is 1. The number of aromatic nitrogens is 1. The molecule has 1 aromatic carbocycles. The van der Waals surface area contributed by atoms with E-state index < -0.39 is 0 Å². The van der Waals surface area contributed by atoms with Crippen LogP contribution in [0.25, 0.3) is 10.9 Å². The first-order valence-electron chi connectivity index (χ1n) is 3.62. The van der Waals surface area contributed by atoms with Crippen molar-refractivity contribution in [1.29, 1.82) is 0 Å². The normalized spacial score (nSPS) is 10.8. The summed E-state index contributed by atoms with van der Waals surface area (Å²) < 4.78 is 0. The number of aromatic amines is 1. The third kappa shape index (κ3) is 1.32. The van der Waals surface area contributed by atoms with Crippen LogP contribution in [0, 0.1) is 0 Å². The lowest BCUT2D eigenvalue weighted by Crippen LogP contribution is -1.67. The first-order chi connectivity index (χ1) is 5.79. The molecule has 0 spiro atoms. The van der Waals surface area contributed by atoms with Gasteiger partial charge in [-0.3, -0.25) is 0 Å². The van der Waals surface area contributed by atoms with E-state index in [2.05, 4.69) is 11.1 Å². The molecule has 1 N–H and O–H groups in total. The summed E-state index contributed by atoms with van der Waals surface area (Å²) in [5.41, 5.74) is 1.14. The monoisotopic (exact) mass is 197 g/mol. The molecule has 0 aliphatic carbocycles. The van der Waals surface area contributed by atoms with Gasteiger partial charge < -0.3 is 4.98 Å². The molecule has 2 aromatic rings. The molecule has 0 radical (unpaired) electrons. The molecule has 0 atom stereocenters. The maximum Gasteiger partial charge on any atom is 0.0729 e. The molecule has 0 saturated carbocycles. The van der Waals surface area contributed by atoms with E-state index in [-0.39, 0.29) is 0 Å². The minimum Gasteiger partial charge on any atom is -0.350 e. The van der Waals surface area contributed by atoms with Gasteiger partial charge >= 0.3 is 0 Å². The van der Waals surface area contributed by atoms with Crippen molar-refractivity contribution in [3.05, 3.63) is 29.3 Å².